The summed E-state index contributed by atoms with van der Waals surface area (Å²) in [4.78, 5) is 14.2. The topological polar surface area (TPSA) is 121 Å². The van der Waals surface area contributed by atoms with Crippen molar-refractivity contribution in [1.29, 1.82) is 0 Å². The van der Waals surface area contributed by atoms with Gasteiger partial charge in [0.2, 0.25) is 0 Å². The van der Waals surface area contributed by atoms with Crippen LogP contribution >= 0.6 is 0 Å². The second-order valence-corrected chi connectivity index (χ2v) is 6.67. The highest BCUT2D eigenvalue weighted by molar-refractivity contribution is 5.99. The van der Waals surface area contributed by atoms with Crippen molar-refractivity contribution in [1.82, 2.24) is 4.90 Å². The maximum Gasteiger partial charge on any atom is 0.176 e. The number of hydrogen-bond donors (Lipinski definition) is 5. The van der Waals surface area contributed by atoms with Crippen LogP contribution in [0.4, 0.5) is 0 Å². The molecule has 0 aliphatic heterocycles. The number of aliphatic hydroxyl groups excluding tert-OH is 3. The Kier molecular flexibility index (Phi) is 6.55. The van der Waals surface area contributed by atoms with Crippen LogP contribution in [0.1, 0.15) is 25.5 Å². The van der Waals surface area contributed by atoms with Crippen LogP contribution in [0, 0.1) is 0 Å². The number of phenols is 2. The SMILES string of the molecule is CC(C)N(CC(=O)C1=CC(O)C(O)C=C1)CC(O)c1ccc(O)c(O)c1. The van der Waals surface area contributed by atoms with Crippen LogP contribution < -0.4 is 0 Å². The van der Waals surface area contributed by atoms with Gasteiger partial charge in [0.25, 0.3) is 0 Å². The van der Waals surface area contributed by atoms with Crippen molar-refractivity contribution < 1.29 is 30.3 Å². The second-order valence-electron chi connectivity index (χ2n) is 6.67. The van der Waals surface area contributed by atoms with Gasteiger partial charge in [-0.05, 0) is 37.6 Å². The lowest BCUT2D eigenvalue weighted by Crippen LogP contribution is -2.39. The fourth-order valence-corrected chi connectivity index (χ4v) is 2.65. The largest absolute Gasteiger partial charge is 0.504 e. The van der Waals surface area contributed by atoms with E-state index >= 15 is 0 Å². The molecule has 0 fully saturated rings. The van der Waals surface area contributed by atoms with E-state index in [0.717, 1.165) is 0 Å². The molecule has 3 unspecified atom stereocenters. The minimum atomic E-state index is -1.11. The fraction of sp³-hybridized carbons (Fsp3) is 0.421. The maximum absolute atomic E-state index is 12.5. The van der Waals surface area contributed by atoms with E-state index in [0.29, 0.717) is 11.1 Å². The normalized spacial score (nSPS) is 21.1. The molecule has 0 bridgehead atoms. The van der Waals surface area contributed by atoms with Crippen LogP contribution in [0.15, 0.2) is 42.0 Å². The smallest absolute Gasteiger partial charge is 0.176 e. The number of benzene rings is 1. The zero-order chi connectivity index (χ0) is 19.4. The maximum atomic E-state index is 12.5. The van der Waals surface area contributed by atoms with E-state index in [2.05, 4.69) is 0 Å². The van der Waals surface area contributed by atoms with E-state index < -0.39 is 18.3 Å². The molecule has 0 saturated carbocycles. The molecule has 1 aliphatic rings. The van der Waals surface area contributed by atoms with Gasteiger partial charge in [-0.15, -0.1) is 0 Å². The third-order valence-electron chi connectivity index (χ3n) is 4.36. The number of nitrogens with zero attached hydrogens (tertiary/aromatic N) is 1. The van der Waals surface area contributed by atoms with Gasteiger partial charge in [-0.3, -0.25) is 9.69 Å². The van der Waals surface area contributed by atoms with E-state index in [4.69, 9.17) is 0 Å². The molecule has 7 heteroatoms. The summed E-state index contributed by atoms with van der Waals surface area (Å²) in [5.74, 6) is -0.825. The highest BCUT2D eigenvalue weighted by atomic mass is 16.3. The average Bonchev–Trinajstić information content (AvgIpc) is 2.58. The van der Waals surface area contributed by atoms with Crippen molar-refractivity contribution >= 4 is 5.78 Å². The quantitative estimate of drug-likeness (QED) is 0.451. The van der Waals surface area contributed by atoms with Gasteiger partial charge in [-0.25, -0.2) is 0 Å². The standard InChI is InChI=1S/C19H25NO6/c1-11(2)20(9-18(25)12-3-5-14(21)16(23)7-12)10-19(26)13-4-6-15(22)17(24)8-13/h3-8,11,14,16,19,21-24,26H,9-10H2,1-2H3. The number of carbonyl (C=O) groups is 1. The Morgan fingerprint density at radius 2 is 1.85 bits per heavy atom. The summed E-state index contributed by atoms with van der Waals surface area (Å²) in [6.45, 7) is 3.95. The Labute approximate surface area is 152 Å². The number of rotatable bonds is 7. The van der Waals surface area contributed by atoms with Crippen LogP contribution in [0.3, 0.4) is 0 Å². The first-order valence-electron chi connectivity index (χ1n) is 8.42. The van der Waals surface area contributed by atoms with Crippen LogP contribution in [-0.4, -0.2) is 67.6 Å². The molecule has 2 rings (SSSR count). The first-order chi connectivity index (χ1) is 12.2. The lowest BCUT2D eigenvalue weighted by Gasteiger charge is -2.29. The Hall–Kier alpha value is -2.19. The summed E-state index contributed by atoms with van der Waals surface area (Å²) in [5.41, 5.74) is 0.735. The highest BCUT2D eigenvalue weighted by Gasteiger charge is 2.23. The summed E-state index contributed by atoms with van der Waals surface area (Å²) >= 11 is 0. The van der Waals surface area contributed by atoms with E-state index in [1.165, 1.54) is 36.4 Å². The molecule has 0 saturated heterocycles. The molecule has 1 aliphatic carbocycles. The molecule has 1 aromatic carbocycles. The molecule has 5 N–H and O–H groups in total. The molecule has 3 atom stereocenters. The Morgan fingerprint density at radius 1 is 1.15 bits per heavy atom. The molecule has 1 aromatic rings. The van der Waals surface area contributed by atoms with Gasteiger partial charge in [-0.2, -0.15) is 0 Å². The van der Waals surface area contributed by atoms with E-state index in [-0.39, 0.29) is 36.4 Å². The first-order valence-corrected chi connectivity index (χ1v) is 8.42. The Bertz CT molecular complexity index is 712. The number of allylic oxidation sites excluding steroid dienone is 1. The number of carbonyl (C=O) groups excluding carboxylic acids is 1. The van der Waals surface area contributed by atoms with Crippen LogP contribution in [0.25, 0.3) is 0 Å². The van der Waals surface area contributed by atoms with Gasteiger partial charge in [0.1, 0.15) is 12.2 Å². The highest BCUT2D eigenvalue weighted by Crippen LogP contribution is 2.28. The van der Waals surface area contributed by atoms with Crippen LogP contribution in [-0.2, 0) is 4.79 Å². The summed E-state index contributed by atoms with van der Waals surface area (Å²) < 4.78 is 0. The average molecular weight is 363 g/mol. The minimum Gasteiger partial charge on any atom is -0.504 e. The van der Waals surface area contributed by atoms with Crippen molar-refractivity contribution in [3.63, 3.8) is 0 Å². The van der Waals surface area contributed by atoms with Crippen LogP contribution in [0.5, 0.6) is 11.5 Å². The lowest BCUT2D eigenvalue weighted by atomic mass is 9.99. The lowest BCUT2D eigenvalue weighted by molar-refractivity contribution is -0.117. The van der Waals surface area contributed by atoms with E-state index in [1.54, 1.807) is 4.90 Å². The zero-order valence-corrected chi connectivity index (χ0v) is 14.8. The number of ketones is 1. The summed E-state index contributed by atoms with van der Waals surface area (Å²) in [6.07, 6.45) is 1.08. The molecular formula is C19H25NO6. The van der Waals surface area contributed by atoms with Crippen molar-refractivity contribution in [3.05, 3.63) is 47.6 Å². The van der Waals surface area contributed by atoms with E-state index in [9.17, 15) is 30.3 Å². The van der Waals surface area contributed by atoms with Crippen molar-refractivity contribution in [2.75, 3.05) is 13.1 Å². The molecule has 0 radical (unpaired) electrons. The number of phenolic OH excluding ortho intramolecular Hbond substituents is 2. The number of Topliss-reactive ketones (excluding diaryl/α,β-unsaturated/α-hetero) is 1. The Balaban J connectivity index is 2.06. The fourth-order valence-electron chi connectivity index (χ4n) is 2.65. The number of aliphatic hydroxyl groups is 3. The molecule has 142 valence electrons. The van der Waals surface area contributed by atoms with Gasteiger partial charge in [0, 0.05) is 18.2 Å². The van der Waals surface area contributed by atoms with Gasteiger partial charge < -0.3 is 25.5 Å². The summed E-state index contributed by atoms with van der Waals surface area (Å²) in [6, 6.07) is 4.04. The molecule has 0 heterocycles. The summed E-state index contributed by atoms with van der Waals surface area (Å²) in [5, 5.41) is 48.5. The zero-order valence-electron chi connectivity index (χ0n) is 14.8. The monoisotopic (exact) mass is 363 g/mol. The van der Waals surface area contributed by atoms with Crippen LogP contribution in [0.2, 0.25) is 0 Å². The number of aromatic hydroxyl groups is 2. The molecule has 26 heavy (non-hydrogen) atoms. The molecule has 0 aromatic heterocycles. The van der Waals surface area contributed by atoms with Gasteiger partial charge in [0.05, 0.1) is 12.6 Å². The van der Waals surface area contributed by atoms with Crippen molar-refractivity contribution in [2.45, 2.75) is 38.2 Å². The second kappa shape index (κ2) is 8.46. The minimum absolute atomic E-state index is 0.0256. The molecule has 7 nitrogen and oxygen atoms in total. The third-order valence-corrected chi connectivity index (χ3v) is 4.36. The van der Waals surface area contributed by atoms with Crippen molar-refractivity contribution in [3.8, 4) is 11.5 Å². The van der Waals surface area contributed by atoms with Crippen molar-refractivity contribution in [2.24, 2.45) is 0 Å². The van der Waals surface area contributed by atoms with Gasteiger partial charge in [0.15, 0.2) is 17.3 Å². The molecule has 0 amide bonds. The predicted octanol–water partition coefficient (Wildman–Crippen LogP) is 0.629. The Morgan fingerprint density at radius 3 is 2.42 bits per heavy atom. The summed E-state index contributed by atoms with van der Waals surface area (Å²) in [7, 11) is 0. The molecular weight excluding hydrogens is 338 g/mol. The van der Waals surface area contributed by atoms with Gasteiger partial charge in [-0.1, -0.05) is 18.2 Å². The first kappa shape index (κ1) is 20.1. The van der Waals surface area contributed by atoms with E-state index in [1.807, 2.05) is 13.8 Å². The predicted molar refractivity (Wildman–Crippen MR) is 95.7 cm³/mol. The molecule has 0 spiro atoms. The third kappa shape index (κ3) is 4.92. The van der Waals surface area contributed by atoms with Gasteiger partial charge >= 0.3 is 0 Å². The number of hydrogen-bond acceptors (Lipinski definition) is 7.